The molecule has 226 valence electrons. The molecule has 3 aromatic carbocycles. The SMILES string of the molecule is Cc1cc(-c2ccc(=O)n(Cc3ccc(N)c(N(C)N)c3)n2)nc(SCCC(OCc2ccccc2F)c2ccccc2)n1. The molecule has 0 aliphatic rings. The molecule has 2 heterocycles. The van der Waals surface area contributed by atoms with Gasteiger partial charge in [-0.2, -0.15) is 5.10 Å². The van der Waals surface area contributed by atoms with Gasteiger partial charge in [-0.1, -0.05) is 66.4 Å². The zero-order valence-corrected chi connectivity index (χ0v) is 25.4. The van der Waals surface area contributed by atoms with Crippen LogP contribution in [0, 0.1) is 12.7 Å². The van der Waals surface area contributed by atoms with E-state index < -0.39 is 0 Å². The maximum absolute atomic E-state index is 14.2. The molecule has 0 bridgehead atoms. The van der Waals surface area contributed by atoms with Crippen molar-refractivity contribution in [3.05, 3.63) is 130 Å². The number of ether oxygens (including phenoxy) is 1. The van der Waals surface area contributed by atoms with Crippen LogP contribution in [0.15, 0.2) is 101 Å². The second-order valence-corrected chi connectivity index (χ2v) is 11.4. The fourth-order valence-corrected chi connectivity index (χ4v) is 5.56. The van der Waals surface area contributed by atoms with E-state index in [1.165, 1.54) is 33.6 Å². The third-order valence-corrected chi connectivity index (χ3v) is 7.83. The smallest absolute Gasteiger partial charge is 0.267 e. The molecule has 0 spiro atoms. The lowest BCUT2D eigenvalue weighted by atomic mass is 10.1. The molecule has 1 atom stereocenters. The van der Waals surface area contributed by atoms with Crippen molar-refractivity contribution >= 4 is 23.1 Å². The maximum atomic E-state index is 14.2. The van der Waals surface area contributed by atoms with Crippen molar-refractivity contribution in [2.24, 2.45) is 5.84 Å². The minimum absolute atomic E-state index is 0.171. The van der Waals surface area contributed by atoms with Gasteiger partial charge >= 0.3 is 0 Å². The Bertz CT molecular complexity index is 1780. The number of halogens is 1. The van der Waals surface area contributed by atoms with Crippen LogP contribution in [0.1, 0.15) is 34.9 Å². The number of aryl methyl sites for hydroxylation is 1. The first-order valence-electron chi connectivity index (χ1n) is 14.1. The van der Waals surface area contributed by atoms with Crippen LogP contribution in [0.5, 0.6) is 0 Å². The van der Waals surface area contributed by atoms with Crippen molar-refractivity contribution in [3.8, 4) is 11.4 Å². The number of hydrogen-bond donors (Lipinski definition) is 2. The van der Waals surface area contributed by atoms with Crippen LogP contribution in [-0.2, 0) is 17.9 Å². The van der Waals surface area contributed by atoms with E-state index in [1.807, 2.05) is 55.5 Å². The summed E-state index contributed by atoms with van der Waals surface area (Å²) in [4.78, 5) is 22.0. The Balaban J connectivity index is 1.30. The summed E-state index contributed by atoms with van der Waals surface area (Å²) >= 11 is 1.51. The van der Waals surface area contributed by atoms with E-state index in [0.717, 1.165) is 16.8 Å². The Morgan fingerprint density at radius 3 is 2.52 bits per heavy atom. The van der Waals surface area contributed by atoms with E-state index in [1.54, 1.807) is 37.4 Å². The van der Waals surface area contributed by atoms with Crippen molar-refractivity contribution in [1.82, 2.24) is 19.7 Å². The summed E-state index contributed by atoms with van der Waals surface area (Å²) in [6.45, 7) is 2.31. The number of nitrogens with two attached hydrogens (primary N) is 2. The Kier molecular flexibility index (Phi) is 10.0. The molecule has 0 saturated heterocycles. The fraction of sp³-hybridized carbons (Fsp3) is 0.212. The first-order valence-corrected chi connectivity index (χ1v) is 15.1. The molecule has 4 N–H and O–H groups in total. The molecule has 0 aliphatic carbocycles. The summed E-state index contributed by atoms with van der Waals surface area (Å²) in [5, 5.41) is 6.63. The Labute approximate surface area is 259 Å². The summed E-state index contributed by atoms with van der Waals surface area (Å²) in [5.74, 6) is 6.28. The third kappa shape index (κ3) is 7.87. The zero-order valence-electron chi connectivity index (χ0n) is 24.6. The molecule has 5 rings (SSSR count). The molecule has 11 heteroatoms. The van der Waals surface area contributed by atoms with Crippen LogP contribution in [-0.4, -0.2) is 32.5 Å². The van der Waals surface area contributed by atoms with E-state index >= 15 is 0 Å². The van der Waals surface area contributed by atoms with Gasteiger partial charge < -0.3 is 15.5 Å². The Hall–Kier alpha value is -4.58. The predicted molar refractivity (Wildman–Crippen MR) is 173 cm³/mol. The van der Waals surface area contributed by atoms with Crippen LogP contribution in [0.25, 0.3) is 11.4 Å². The standard InChI is InChI=1S/C33H34FN7O2S/c1-22-18-29(28-14-15-32(42)41(39-28)20-23-12-13-27(35)30(19-23)40(2)36)38-33(37-22)44-17-16-31(24-8-4-3-5-9-24)43-21-25-10-6-7-11-26(25)34/h3-15,18-19,31H,16-17,20-21,35-36H2,1-2H3. The number of anilines is 2. The molecular weight excluding hydrogens is 577 g/mol. The number of nitrogen functional groups attached to an aromatic ring is 1. The largest absolute Gasteiger partial charge is 0.397 e. The van der Waals surface area contributed by atoms with E-state index in [4.69, 9.17) is 21.3 Å². The molecule has 0 radical (unpaired) electrons. The first-order chi connectivity index (χ1) is 21.3. The van der Waals surface area contributed by atoms with Gasteiger partial charge in [0, 0.05) is 30.1 Å². The quantitative estimate of drug-likeness (QED) is 0.0616. The number of thioether (sulfide) groups is 1. The van der Waals surface area contributed by atoms with Gasteiger partial charge in [0.25, 0.3) is 5.56 Å². The Morgan fingerprint density at radius 2 is 1.75 bits per heavy atom. The first kappa shape index (κ1) is 30.9. The van der Waals surface area contributed by atoms with Gasteiger partial charge in [-0.15, -0.1) is 0 Å². The van der Waals surface area contributed by atoms with E-state index in [0.29, 0.717) is 45.7 Å². The van der Waals surface area contributed by atoms with Crippen LogP contribution in [0.2, 0.25) is 0 Å². The average molecular weight is 612 g/mol. The molecule has 0 amide bonds. The second kappa shape index (κ2) is 14.3. The Morgan fingerprint density at radius 1 is 0.977 bits per heavy atom. The summed E-state index contributed by atoms with van der Waals surface area (Å²) in [7, 11) is 1.70. The number of nitrogens with zero attached hydrogens (tertiary/aromatic N) is 5. The monoisotopic (exact) mass is 611 g/mol. The van der Waals surface area contributed by atoms with Crippen molar-refractivity contribution in [1.29, 1.82) is 0 Å². The predicted octanol–water partition coefficient (Wildman–Crippen LogP) is 5.53. The normalized spacial score (nSPS) is 11.8. The molecule has 0 saturated carbocycles. The molecule has 1 unspecified atom stereocenters. The van der Waals surface area contributed by atoms with Crippen LogP contribution in [0.4, 0.5) is 15.8 Å². The van der Waals surface area contributed by atoms with Gasteiger partial charge in [-0.25, -0.2) is 24.9 Å². The van der Waals surface area contributed by atoms with Gasteiger partial charge in [0.15, 0.2) is 5.16 Å². The number of hydrogen-bond acceptors (Lipinski definition) is 9. The highest BCUT2D eigenvalue weighted by atomic mass is 32.2. The minimum atomic E-state index is -0.282. The summed E-state index contributed by atoms with van der Waals surface area (Å²) in [6.07, 6.45) is 0.436. The van der Waals surface area contributed by atoms with Gasteiger partial charge in [-0.3, -0.25) is 4.79 Å². The summed E-state index contributed by atoms with van der Waals surface area (Å²) < 4.78 is 21.8. The lowest BCUT2D eigenvalue weighted by Crippen LogP contribution is -2.27. The van der Waals surface area contributed by atoms with Crippen molar-refractivity contribution in [3.63, 3.8) is 0 Å². The number of rotatable bonds is 12. The lowest BCUT2D eigenvalue weighted by Gasteiger charge is -2.18. The average Bonchev–Trinajstić information content (AvgIpc) is 3.01. The third-order valence-electron chi connectivity index (χ3n) is 6.95. The highest BCUT2D eigenvalue weighted by Gasteiger charge is 2.15. The molecule has 44 heavy (non-hydrogen) atoms. The minimum Gasteiger partial charge on any atom is -0.397 e. The lowest BCUT2D eigenvalue weighted by molar-refractivity contribution is 0.0364. The van der Waals surface area contributed by atoms with E-state index in [9.17, 15) is 9.18 Å². The number of aromatic nitrogens is 4. The highest BCUT2D eigenvalue weighted by Crippen LogP contribution is 2.28. The van der Waals surface area contributed by atoms with Gasteiger partial charge in [0.1, 0.15) is 11.5 Å². The van der Waals surface area contributed by atoms with Gasteiger partial charge in [0.05, 0.1) is 36.3 Å². The van der Waals surface area contributed by atoms with Crippen LogP contribution < -0.4 is 22.1 Å². The number of hydrazine groups is 1. The molecule has 9 nitrogen and oxygen atoms in total. The van der Waals surface area contributed by atoms with Gasteiger partial charge in [-0.05, 0) is 54.8 Å². The molecule has 2 aromatic heterocycles. The molecule has 5 aromatic rings. The van der Waals surface area contributed by atoms with Gasteiger partial charge in [0.2, 0.25) is 0 Å². The van der Waals surface area contributed by atoms with Crippen molar-refractivity contribution < 1.29 is 9.13 Å². The molecule has 0 fully saturated rings. The molecular formula is C33H34FN7O2S. The second-order valence-electron chi connectivity index (χ2n) is 10.3. The van der Waals surface area contributed by atoms with E-state index in [-0.39, 0.29) is 30.6 Å². The van der Waals surface area contributed by atoms with Crippen LogP contribution in [0.3, 0.4) is 0 Å². The van der Waals surface area contributed by atoms with Crippen molar-refractivity contribution in [2.75, 3.05) is 23.5 Å². The zero-order chi connectivity index (χ0) is 31.1. The molecule has 0 aliphatic heterocycles. The maximum Gasteiger partial charge on any atom is 0.267 e. The van der Waals surface area contributed by atoms with Crippen LogP contribution >= 0.6 is 11.8 Å². The number of benzene rings is 3. The summed E-state index contributed by atoms with van der Waals surface area (Å²) in [6, 6.07) is 27.0. The van der Waals surface area contributed by atoms with Crippen molar-refractivity contribution in [2.45, 2.75) is 37.8 Å². The highest BCUT2D eigenvalue weighted by molar-refractivity contribution is 7.99. The summed E-state index contributed by atoms with van der Waals surface area (Å²) in [5.41, 5.74) is 11.3. The topological polar surface area (TPSA) is 125 Å². The fourth-order valence-electron chi connectivity index (χ4n) is 4.68. The van der Waals surface area contributed by atoms with E-state index in [2.05, 4.69) is 10.1 Å².